The SMILES string of the molecule is O=C(CCn1cc(Cl)cn1)NC[C@@H]1COc2ccccc2C1. The summed E-state index contributed by atoms with van der Waals surface area (Å²) in [7, 11) is 0. The van der Waals surface area contributed by atoms with Gasteiger partial charge in [-0.15, -0.1) is 0 Å². The van der Waals surface area contributed by atoms with E-state index in [1.165, 1.54) is 5.56 Å². The van der Waals surface area contributed by atoms with Gasteiger partial charge in [-0.25, -0.2) is 0 Å². The molecular weight excluding hydrogens is 302 g/mol. The summed E-state index contributed by atoms with van der Waals surface area (Å²) in [5.41, 5.74) is 1.21. The van der Waals surface area contributed by atoms with Gasteiger partial charge in [0.1, 0.15) is 5.75 Å². The zero-order chi connectivity index (χ0) is 15.4. The predicted octanol–water partition coefficient (Wildman–Crippen LogP) is 2.29. The van der Waals surface area contributed by atoms with Crippen LogP contribution in [-0.2, 0) is 17.8 Å². The van der Waals surface area contributed by atoms with Crippen molar-refractivity contribution in [2.45, 2.75) is 19.4 Å². The first-order valence-corrected chi connectivity index (χ1v) is 7.74. The number of rotatable bonds is 5. The molecule has 116 valence electrons. The van der Waals surface area contributed by atoms with Crippen LogP contribution in [0.3, 0.4) is 0 Å². The van der Waals surface area contributed by atoms with Gasteiger partial charge in [0.15, 0.2) is 0 Å². The van der Waals surface area contributed by atoms with Crippen molar-refractivity contribution in [2.24, 2.45) is 5.92 Å². The molecule has 1 aliphatic rings. The van der Waals surface area contributed by atoms with E-state index in [1.807, 2.05) is 18.2 Å². The Morgan fingerprint density at radius 2 is 2.32 bits per heavy atom. The second-order valence-corrected chi connectivity index (χ2v) is 5.90. The third kappa shape index (κ3) is 3.80. The van der Waals surface area contributed by atoms with Crippen LogP contribution in [-0.4, -0.2) is 28.8 Å². The zero-order valence-corrected chi connectivity index (χ0v) is 12.9. The molecule has 1 aliphatic heterocycles. The van der Waals surface area contributed by atoms with E-state index in [4.69, 9.17) is 16.3 Å². The molecular formula is C16H18ClN3O2. The van der Waals surface area contributed by atoms with Crippen LogP contribution in [0.15, 0.2) is 36.7 Å². The van der Waals surface area contributed by atoms with Crippen LogP contribution in [0.1, 0.15) is 12.0 Å². The molecule has 6 heteroatoms. The highest BCUT2D eigenvalue weighted by Crippen LogP contribution is 2.26. The maximum absolute atomic E-state index is 11.9. The third-order valence-electron chi connectivity index (χ3n) is 3.71. The number of hydrogen-bond donors (Lipinski definition) is 1. The number of carbonyl (C=O) groups excluding carboxylic acids is 1. The summed E-state index contributed by atoms with van der Waals surface area (Å²) in [5.74, 6) is 1.30. The van der Waals surface area contributed by atoms with E-state index >= 15 is 0 Å². The van der Waals surface area contributed by atoms with Gasteiger partial charge in [0.2, 0.25) is 5.91 Å². The predicted molar refractivity (Wildman–Crippen MR) is 84.0 cm³/mol. The van der Waals surface area contributed by atoms with Crippen LogP contribution >= 0.6 is 11.6 Å². The van der Waals surface area contributed by atoms with Crippen LogP contribution < -0.4 is 10.1 Å². The Labute approximate surface area is 134 Å². The van der Waals surface area contributed by atoms with Gasteiger partial charge in [0.25, 0.3) is 0 Å². The lowest BCUT2D eigenvalue weighted by Gasteiger charge is -2.25. The van der Waals surface area contributed by atoms with E-state index in [0.29, 0.717) is 37.1 Å². The molecule has 1 N–H and O–H groups in total. The van der Waals surface area contributed by atoms with E-state index in [0.717, 1.165) is 12.2 Å². The van der Waals surface area contributed by atoms with Crippen molar-refractivity contribution in [3.8, 4) is 5.75 Å². The normalized spacial score (nSPS) is 16.7. The molecule has 1 aromatic heterocycles. The lowest BCUT2D eigenvalue weighted by molar-refractivity contribution is -0.121. The van der Waals surface area contributed by atoms with E-state index < -0.39 is 0 Å². The Balaban J connectivity index is 1.42. The highest BCUT2D eigenvalue weighted by Gasteiger charge is 2.19. The molecule has 0 radical (unpaired) electrons. The lowest BCUT2D eigenvalue weighted by Crippen LogP contribution is -2.35. The number of ether oxygens (including phenoxy) is 1. The second-order valence-electron chi connectivity index (χ2n) is 5.46. The number of halogens is 1. The summed E-state index contributed by atoms with van der Waals surface area (Å²) in [6.07, 6.45) is 4.60. The number of benzene rings is 1. The lowest BCUT2D eigenvalue weighted by atomic mass is 9.97. The van der Waals surface area contributed by atoms with Crippen LogP contribution in [0.5, 0.6) is 5.75 Å². The van der Waals surface area contributed by atoms with Gasteiger partial charge in [-0.05, 0) is 18.1 Å². The van der Waals surface area contributed by atoms with Gasteiger partial charge in [0, 0.05) is 31.6 Å². The first-order valence-electron chi connectivity index (χ1n) is 7.36. The van der Waals surface area contributed by atoms with Crippen molar-refractivity contribution in [1.82, 2.24) is 15.1 Å². The van der Waals surface area contributed by atoms with Crippen molar-refractivity contribution in [2.75, 3.05) is 13.2 Å². The fourth-order valence-electron chi connectivity index (χ4n) is 2.55. The minimum atomic E-state index is 0.0190. The number of fused-ring (bicyclic) bond motifs is 1. The van der Waals surface area contributed by atoms with Gasteiger partial charge in [-0.3, -0.25) is 9.48 Å². The topological polar surface area (TPSA) is 56.2 Å². The summed E-state index contributed by atoms with van der Waals surface area (Å²) >= 11 is 5.78. The number of nitrogens with zero attached hydrogens (tertiary/aromatic N) is 2. The van der Waals surface area contributed by atoms with Crippen LogP contribution in [0.2, 0.25) is 5.02 Å². The van der Waals surface area contributed by atoms with E-state index in [1.54, 1.807) is 17.1 Å². The first kappa shape index (κ1) is 14.9. The molecule has 0 aliphatic carbocycles. The molecule has 0 saturated carbocycles. The average molecular weight is 320 g/mol. The average Bonchev–Trinajstić information content (AvgIpc) is 2.96. The van der Waals surface area contributed by atoms with E-state index in [-0.39, 0.29) is 5.91 Å². The quantitative estimate of drug-likeness (QED) is 0.920. The van der Waals surface area contributed by atoms with Gasteiger partial charge >= 0.3 is 0 Å². The molecule has 1 atom stereocenters. The van der Waals surface area contributed by atoms with Crippen molar-refractivity contribution in [3.05, 3.63) is 47.2 Å². The molecule has 22 heavy (non-hydrogen) atoms. The number of hydrogen-bond acceptors (Lipinski definition) is 3. The van der Waals surface area contributed by atoms with Gasteiger partial charge in [-0.2, -0.15) is 5.10 Å². The molecule has 2 aromatic rings. The Morgan fingerprint density at radius 1 is 1.45 bits per heavy atom. The standard InChI is InChI=1S/C16H18ClN3O2/c17-14-9-19-20(10-14)6-5-16(21)18-8-12-7-13-3-1-2-4-15(13)22-11-12/h1-4,9-10,12H,5-8,11H2,(H,18,21)/t12-/m1/s1. The Kier molecular flexibility index (Phi) is 4.63. The zero-order valence-electron chi connectivity index (χ0n) is 12.2. The molecule has 0 saturated heterocycles. The largest absolute Gasteiger partial charge is 0.493 e. The molecule has 1 aromatic carbocycles. The minimum absolute atomic E-state index is 0.0190. The van der Waals surface area contributed by atoms with Gasteiger partial charge in [-0.1, -0.05) is 29.8 Å². The molecule has 2 heterocycles. The molecule has 0 spiro atoms. The molecule has 3 rings (SSSR count). The monoisotopic (exact) mass is 319 g/mol. The summed E-state index contributed by atoms with van der Waals surface area (Å²) in [6.45, 7) is 1.81. The van der Waals surface area contributed by atoms with E-state index in [9.17, 15) is 4.79 Å². The van der Waals surface area contributed by atoms with Crippen molar-refractivity contribution >= 4 is 17.5 Å². The summed E-state index contributed by atoms with van der Waals surface area (Å²) in [5, 5.41) is 7.60. The summed E-state index contributed by atoms with van der Waals surface area (Å²) in [6, 6.07) is 8.05. The highest BCUT2D eigenvalue weighted by molar-refractivity contribution is 6.30. The van der Waals surface area contributed by atoms with Crippen molar-refractivity contribution in [1.29, 1.82) is 0 Å². The summed E-state index contributed by atoms with van der Waals surface area (Å²) in [4.78, 5) is 11.9. The van der Waals surface area contributed by atoms with Crippen molar-refractivity contribution in [3.63, 3.8) is 0 Å². The maximum atomic E-state index is 11.9. The maximum Gasteiger partial charge on any atom is 0.221 e. The van der Waals surface area contributed by atoms with Gasteiger partial charge in [0.05, 0.1) is 17.8 Å². The fourth-order valence-corrected chi connectivity index (χ4v) is 2.70. The highest BCUT2D eigenvalue weighted by atomic mass is 35.5. The number of nitrogens with one attached hydrogen (secondary N) is 1. The number of para-hydroxylation sites is 1. The second kappa shape index (κ2) is 6.83. The third-order valence-corrected chi connectivity index (χ3v) is 3.91. The molecule has 0 unspecified atom stereocenters. The molecule has 5 nitrogen and oxygen atoms in total. The smallest absolute Gasteiger partial charge is 0.221 e. The fraction of sp³-hybridized carbons (Fsp3) is 0.375. The first-order chi connectivity index (χ1) is 10.7. The minimum Gasteiger partial charge on any atom is -0.493 e. The van der Waals surface area contributed by atoms with Gasteiger partial charge < -0.3 is 10.1 Å². The van der Waals surface area contributed by atoms with Crippen LogP contribution in [0.4, 0.5) is 0 Å². The Bertz CT molecular complexity index is 656. The molecule has 0 bridgehead atoms. The number of carbonyl (C=O) groups is 1. The number of aromatic nitrogens is 2. The van der Waals surface area contributed by atoms with E-state index in [2.05, 4.69) is 16.5 Å². The van der Waals surface area contributed by atoms with Crippen LogP contribution in [0, 0.1) is 5.92 Å². The number of aryl methyl sites for hydroxylation is 1. The molecule has 0 fully saturated rings. The number of amides is 1. The summed E-state index contributed by atoms with van der Waals surface area (Å²) < 4.78 is 7.39. The van der Waals surface area contributed by atoms with Crippen molar-refractivity contribution < 1.29 is 9.53 Å². The Morgan fingerprint density at radius 3 is 3.14 bits per heavy atom. The van der Waals surface area contributed by atoms with Crippen LogP contribution in [0.25, 0.3) is 0 Å². The molecule has 1 amide bonds. The Hall–Kier alpha value is -2.01.